The van der Waals surface area contributed by atoms with Crippen LogP contribution in [0.4, 0.5) is 18.9 Å². The van der Waals surface area contributed by atoms with Gasteiger partial charge in [0.15, 0.2) is 0 Å². The second-order valence-corrected chi connectivity index (χ2v) is 5.99. The summed E-state index contributed by atoms with van der Waals surface area (Å²) in [6.07, 6.45) is -2.13. The molecule has 1 atom stereocenters. The molecular weight excluding hydrogens is 289 g/mol. The number of alkyl halides is 3. The summed E-state index contributed by atoms with van der Waals surface area (Å²) in [5, 5.41) is 3.56. The van der Waals surface area contributed by atoms with E-state index in [9.17, 15) is 13.2 Å². The van der Waals surface area contributed by atoms with Gasteiger partial charge < -0.3 is 10.2 Å². The van der Waals surface area contributed by atoms with E-state index < -0.39 is 11.7 Å². The average molecular weight is 305 g/mol. The first-order chi connectivity index (χ1) is 9.43. The zero-order valence-electron chi connectivity index (χ0n) is 10.9. The fourth-order valence-electron chi connectivity index (χ4n) is 3.14. The van der Waals surface area contributed by atoms with Gasteiger partial charge in [-0.1, -0.05) is 11.6 Å². The van der Waals surface area contributed by atoms with Crippen molar-refractivity contribution in [2.75, 3.05) is 25.0 Å². The minimum Gasteiger partial charge on any atom is -0.380 e. The summed E-state index contributed by atoms with van der Waals surface area (Å²) >= 11 is 6.02. The van der Waals surface area contributed by atoms with E-state index in [2.05, 4.69) is 10.2 Å². The Hall–Kier alpha value is -0.940. The molecule has 3 saturated heterocycles. The number of hydrogen-bond donors (Lipinski definition) is 1. The molecule has 110 valence electrons. The third-order valence-corrected chi connectivity index (χ3v) is 4.62. The Bertz CT molecular complexity index is 496. The Morgan fingerprint density at radius 2 is 1.90 bits per heavy atom. The van der Waals surface area contributed by atoms with Crippen LogP contribution in [-0.4, -0.2) is 30.6 Å². The summed E-state index contributed by atoms with van der Waals surface area (Å²) in [5.41, 5.74) is -0.272. The summed E-state index contributed by atoms with van der Waals surface area (Å²) in [4.78, 5) is 2.35. The van der Waals surface area contributed by atoms with E-state index in [-0.39, 0.29) is 6.04 Å². The number of nitrogens with one attached hydrogen (secondary N) is 1. The van der Waals surface area contributed by atoms with Crippen molar-refractivity contribution in [1.82, 2.24) is 4.90 Å². The van der Waals surface area contributed by atoms with Crippen LogP contribution in [0.25, 0.3) is 0 Å². The summed E-state index contributed by atoms with van der Waals surface area (Å²) in [6.45, 7) is 3.08. The molecule has 6 heteroatoms. The zero-order valence-corrected chi connectivity index (χ0v) is 11.6. The van der Waals surface area contributed by atoms with E-state index in [4.69, 9.17) is 11.6 Å². The molecule has 4 rings (SSSR count). The van der Waals surface area contributed by atoms with Gasteiger partial charge in [-0.15, -0.1) is 0 Å². The Balaban J connectivity index is 1.80. The van der Waals surface area contributed by atoms with Gasteiger partial charge in [0.05, 0.1) is 16.3 Å². The molecule has 3 fully saturated rings. The maximum Gasteiger partial charge on any atom is 0.416 e. The Kier molecular flexibility index (Phi) is 3.58. The first-order valence-electron chi connectivity index (χ1n) is 6.79. The number of hydrogen-bond acceptors (Lipinski definition) is 2. The molecule has 1 N–H and O–H groups in total. The number of piperidine rings is 3. The molecule has 3 heterocycles. The topological polar surface area (TPSA) is 15.3 Å². The van der Waals surface area contributed by atoms with Crippen LogP contribution < -0.4 is 5.32 Å². The van der Waals surface area contributed by atoms with Crippen molar-refractivity contribution in [1.29, 1.82) is 0 Å². The van der Waals surface area contributed by atoms with Crippen molar-refractivity contribution < 1.29 is 13.2 Å². The zero-order chi connectivity index (χ0) is 14.3. The molecule has 0 amide bonds. The van der Waals surface area contributed by atoms with Gasteiger partial charge in [0, 0.05) is 12.6 Å². The van der Waals surface area contributed by atoms with Crippen molar-refractivity contribution in [2.24, 2.45) is 5.92 Å². The van der Waals surface area contributed by atoms with Crippen LogP contribution in [0, 0.1) is 5.92 Å². The van der Waals surface area contributed by atoms with Crippen LogP contribution in [0.2, 0.25) is 5.02 Å². The second-order valence-electron chi connectivity index (χ2n) is 5.58. The minimum atomic E-state index is -4.34. The van der Waals surface area contributed by atoms with Crippen LogP contribution in [0.15, 0.2) is 18.2 Å². The highest BCUT2D eigenvalue weighted by molar-refractivity contribution is 6.33. The number of anilines is 1. The molecule has 2 bridgehead atoms. The van der Waals surface area contributed by atoms with E-state index >= 15 is 0 Å². The quantitative estimate of drug-likeness (QED) is 0.892. The lowest BCUT2D eigenvalue weighted by Crippen LogP contribution is -2.53. The number of benzene rings is 1. The van der Waals surface area contributed by atoms with Gasteiger partial charge in [-0.05, 0) is 50.0 Å². The van der Waals surface area contributed by atoms with E-state index in [1.54, 1.807) is 0 Å². The predicted octanol–water partition coefficient (Wildman–Crippen LogP) is 3.86. The molecule has 0 aromatic heterocycles. The van der Waals surface area contributed by atoms with E-state index in [0.717, 1.165) is 44.6 Å². The van der Waals surface area contributed by atoms with Crippen molar-refractivity contribution in [3.63, 3.8) is 0 Å². The lowest BCUT2D eigenvalue weighted by molar-refractivity contribution is -0.137. The largest absolute Gasteiger partial charge is 0.416 e. The van der Waals surface area contributed by atoms with Gasteiger partial charge in [0.2, 0.25) is 0 Å². The first-order valence-corrected chi connectivity index (χ1v) is 7.17. The number of rotatable bonds is 2. The van der Waals surface area contributed by atoms with Crippen LogP contribution >= 0.6 is 11.6 Å². The fraction of sp³-hybridized carbons (Fsp3) is 0.571. The second kappa shape index (κ2) is 5.11. The van der Waals surface area contributed by atoms with Crippen molar-refractivity contribution in [3.8, 4) is 0 Å². The minimum absolute atomic E-state index is 0.193. The van der Waals surface area contributed by atoms with Gasteiger partial charge in [-0.25, -0.2) is 0 Å². The normalized spacial score (nSPS) is 29.5. The molecule has 0 saturated carbocycles. The molecule has 0 aliphatic carbocycles. The Morgan fingerprint density at radius 3 is 2.45 bits per heavy atom. The lowest BCUT2D eigenvalue weighted by atomic mass is 9.84. The van der Waals surface area contributed by atoms with Gasteiger partial charge in [-0.2, -0.15) is 13.2 Å². The SMILES string of the molecule is FC(F)(F)c1ccc(Cl)c(NC2CN3CCC2CC3)c1. The maximum atomic E-state index is 12.7. The average Bonchev–Trinajstić information content (AvgIpc) is 2.41. The molecule has 1 aromatic carbocycles. The summed E-state index contributed by atoms with van der Waals surface area (Å²) in [6, 6.07) is 3.64. The molecule has 3 aliphatic heterocycles. The summed E-state index contributed by atoms with van der Waals surface area (Å²) in [7, 11) is 0. The van der Waals surface area contributed by atoms with Crippen LogP contribution in [0.5, 0.6) is 0 Å². The van der Waals surface area contributed by atoms with Crippen molar-refractivity contribution in [3.05, 3.63) is 28.8 Å². The highest BCUT2D eigenvalue weighted by Crippen LogP contribution is 2.36. The highest BCUT2D eigenvalue weighted by Gasteiger charge is 2.35. The molecule has 20 heavy (non-hydrogen) atoms. The summed E-state index contributed by atoms with van der Waals surface area (Å²) in [5.74, 6) is 0.533. The molecule has 1 unspecified atom stereocenters. The molecule has 3 aliphatic rings. The number of nitrogens with zero attached hydrogens (tertiary/aromatic N) is 1. The standard InChI is InChI=1S/C14H16ClF3N2/c15-11-2-1-10(14(16,17)18)7-12(11)19-13-8-20-5-3-9(13)4-6-20/h1-2,7,9,13,19H,3-6,8H2. The van der Waals surface area contributed by atoms with Crippen LogP contribution in [-0.2, 0) is 6.18 Å². The van der Waals surface area contributed by atoms with Gasteiger partial charge >= 0.3 is 6.18 Å². The fourth-order valence-corrected chi connectivity index (χ4v) is 3.31. The molecular formula is C14H16ClF3N2. The van der Waals surface area contributed by atoms with Crippen molar-refractivity contribution >= 4 is 17.3 Å². The van der Waals surface area contributed by atoms with Crippen LogP contribution in [0.3, 0.4) is 0 Å². The van der Waals surface area contributed by atoms with Crippen molar-refractivity contribution in [2.45, 2.75) is 25.1 Å². The lowest BCUT2D eigenvalue weighted by Gasteiger charge is -2.45. The monoisotopic (exact) mass is 304 g/mol. The molecule has 1 aromatic rings. The van der Waals surface area contributed by atoms with E-state index in [0.29, 0.717) is 16.6 Å². The third kappa shape index (κ3) is 2.74. The van der Waals surface area contributed by atoms with Gasteiger partial charge in [-0.3, -0.25) is 0 Å². The smallest absolute Gasteiger partial charge is 0.380 e. The van der Waals surface area contributed by atoms with Crippen LogP contribution in [0.1, 0.15) is 18.4 Å². The van der Waals surface area contributed by atoms with E-state index in [1.165, 1.54) is 6.07 Å². The Labute approximate surface area is 120 Å². The van der Waals surface area contributed by atoms with Gasteiger partial charge in [0.25, 0.3) is 0 Å². The molecule has 0 spiro atoms. The van der Waals surface area contributed by atoms with E-state index in [1.807, 2.05) is 0 Å². The maximum absolute atomic E-state index is 12.7. The number of fused-ring (bicyclic) bond motifs is 3. The summed E-state index contributed by atoms with van der Waals surface area (Å²) < 4.78 is 38.2. The number of halogens is 4. The highest BCUT2D eigenvalue weighted by atomic mass is 35.5. The third-order valence-electron chi connectivity index (χ3n) is 4.29. The predicted molar refractivity (Wildman–Crippen MR) is 73.0 cm³/mol. The van der Waals surface area contributed by atoms with Gasteiger partial charge in [0.1, 0.15) is 0 Å². The Morgan fingerprint density at radius 1 is 1.20 bits per heavy atom. The first kappa shape index (κ1) is 14.0. The molecule has 0 radical (unpaired) electrons. The molecule has 2 nitrogen and oxygen atoms in total.